The van der Waals surface area contributed by atoms with Crippen LogP contribution in [-0.2, 0) is 10.0 Å². The highest BCUT2D eigenvalue weighted by molar-refractivity contribution is 7.89. The maximum Gasteiger partial charge on any atom is 0.244 e. The van der Waals surface area contributed by atoms with Crippen LogP contribution in [0.1, 0.15) is 13.3 Å². The van der Waals surface area contributed by atoms with E-state index in [9.17, 15) is 8.42 Å². The summed E-state index contributed by atoms with van der Waals surface area (Å²) in [6, 6.07) is 7.47. The lowest BCUT2D eigenvalue weighted by Crippen LogP contribution is -2.23. The minimum atomic E-state index is -3.37. The number of hydrogen-bond donors (Lipinski definition) is 1. The fourth-order valence-corrected chi connectivity index (χ4v) is 2.78. The van der Waals surface area contributed by atoms with Gasteiger partial charge in [0.2, 0.25) is 10.0 Å². The van der Waals surface area contributed by atoms with Crippen LogP contribution in [0.15, 0.2) is 29.2 Å². The lowest BCUT2D eigenvalue weighted by molar-refractivity contribution is 0.521. The summed E-state index contributed by atoms with van der Waals surface area (Å²) >= 11 is 0. The number of nitrogens with one attached hydrogen (secondary N) is 1. The quantitative estimate of drug-likeness (QED) is 0.890. The molecule has 17 heavy (non-hydrogen) atoms. The predicted molar refractivity (Wildman–Crippen MR) is 68.5 cm³/mol. The summed E-state index contributed by atoms with van der Waals surface area (Å²) in [6.45, 7) is 2.15. The maximum absolute atomic E-state index is 12.1. The van der Waals surface area contributed by atoms with E-state index in [2.05, 4.69) is 12.2 Å². The van der Waals surface area contributed by atoms with Crippen LogP contribution >= 0.6 is 0 Å². The van der Waals surface area contributed by atoms with Crippen molar-refractivity contribution in [2.75, 3.05) is 19.4 Å². The Morgan fingerprint density at radius 2 is 1.88 bits per heavy atom. The molecule has 5 heteroatoms. The highest BCUT2D eigenvalue weighted by Crippen LogP contribution is 2.34. The van der Waals surface area contributed by atoms with E-state index in [0.717, 1.165) is 6.42 Å². The SMILES string of the molecule is CC1CC1Nc1ccccc1S(=O)(=O)N(C)C. The van der Waals surface area contributed by atoms with Crippen LogP contribution in [0.2, 0.25) is 0 Å². The molecule has 0 radical (unpaired) electrons. The van der Waals surface area contributed by atoms with Crippen LogP contribution in [0.5, 0.6) is 0 Å². The van der Waals surface area contributed by atoms with E-state index in [1.54, 1.807) is 26.2 Å². The summed E-state index contributed by atoms with van der Waals surface area (Å²) in [4.78, 5) is 0.351. The normalized spacial score (nSPS) is 23.8. The highest BCUT2D eigenvalue weighted by atomic mass is 32.2. The van der Waals surface area contributed by atoms with E-state index in [4.69, 9.17) is 0 Å². The van der Waals surface area contributed by atoms with E-state index in [1.165, 1.54) is 4.31 Å². The van der Waals surface area contributed by atoms with E-state index in [1.807, 2.05) is 12.1 Å². The first-order chi connectivity index (χ1) is 7.93. The number of sulfonamides is 1. The van der Waals surface area contributed by atoms with Crippen LogP contribution < -0.4 is 5.32 Å². The highest BCUT2D eigenvalue weighted by Gasteiger charge is 2.33. The zero-order valence-electron chi connectivity index (χ0n) is 10.3. The Kier molecular flexibility index (Phi) is 3.14. The van der Waals surface area contributed by atoms with Gasteiger partial charge in [-0.25, -0.2) is 12.7 Å². The Bertz CT molecular complexity index is 511. The molecule has 2 rings (SSSR count). The standard InChI is InChI=1S/C12H18N2O2S/c1-9-8-11(9)13-10-6-4-5-7-12(10)17(15,16)14(2)3/h4-7,9,11,13H,8H2,1-3H3. The molecule has 4 nitrogen and oxygen atoms in total. The van der Waals surface area contributed by atoms with E-state index in [-0.39, 0.29) is 0 Å². The molecule has 0 amide bonds. The average molecular weight is 254 g/mol. The van der Waals surface area contributed by atoms with Gasteiger partial charge in [-0.3, -0.25) is 0 Å². The number of nitrogens with zero attached hydrogens (tertiary/aromatic N) is 1. The Balaban J connectivity index is 2.34. The van der Waals surface area contributed by atoms with Crippen molar-refractivity contribution in [2.45, 2.75) is 24.3 Å². The van der Waals surface area contributed by atoms with Gasteiger partial charge in [-0.15, -0.1) is 0 Å². The third-order valence-electron chi connectivity index (χ3n) is 3.10. The van der Waals surface area contributed by atoms with Gasteiger partial charge in [-0.05, 0) is 24.5 Å². The molecule has 0 aromatic heterocycles. The number of para-hydroxylation sites is 1. The molecule has 1 aromatic rings. The molecule has 0 aliphatic heterocycles. The van der Waals surface area contributed by atoms with Crippen molar-refractivity contribution in [3.63, 3.8) is 0 Å². The lowest BCUT2D eigenvalue weighted by Gasteiger charge is -2.16. The maximum atomic E-state index is 12.1. The number of anilines is 1. The van der Waals surface area contributed by atoms with E-state index < -0.39 is 10.0 Å². The Hall–Kier alpha value is -1.07. The van der Waals surface area contributed by atoms with Crippen molar-refractivity contribution in [3.8, 4) is 0 Å². The molecular formula is C12H18N2O2S. The number of hydrogen-bond acceptors (Lipinski definition) is 3. The van der Waals surface area contributed by atoms with Crippen LogP contribution in [0.4, 0.5) is 5.69 Å². The minimum absolute atomic E-state index is 0.351. The van der Waals surface area contributed by atoms with Crippen molar-refractivity contribution in [1.29, 1.82) is 0 Å². The van der Waals surface area contributed by atoms with Gasteiger partial charge in [0, 0.05) is 20.1 Å². The molecule has 1 fully saturated rings. The Morgan fingerprint density at radius 3 is 2.41 bits per heavy atom. The summed E-state index contributed by atoms with van der Waals surface area (Å²) in [5, 5.41) is 3.29. The Labute approximate surface area is 103 Å². The minimum Gasteiger partial charge on any atom is -0.381 e. The van der Waals surface area contributed by atoms with Crippen LogP contribution in [0.25, 0.3) is 0 Å². The predicted octanol–water partition coefficient (Wildman–Crippen LogP) is 1.76. The number of rotatable bonds is 4. The topological polar surface area (TPSA) is 49.4 Å². The monoisotopic (exact) mass is 254 g/mol. The van der Waals surface area contributed by atoms with Gasteiger partial charge < -0.3 is 5.32 Å². The molecule has 2 atom stereocenters. The summed E-state index contributed by atoms with van der Waals surface area (Å²) < 4.78 is 25.5. The number of benzene rings is 1. The summed E-state index contributed by atoms with van der Waals surface area (Å²) in [6.07, 6.45) is 1.11. The van der Waals surface area contributed by atoms with Gasteiger partial charge in [0.15, 0.2) is 0 Å². The molecule has 2 unspecified atom stereocenters. The first-order valence-electron chi connectivity index (χ1n) is 5.71. The van der Waals surface area contributed by atoms with Gasteiger partial charge >= 0.3 is 0 Å². The third-order valence-corrected chi connectivity index (χ3v) is 4.97. The zero-order valence-corrected chi connectivity index (χ0v) is 11.2. The molecule has 0 bridgehead atoms. The van der Waals surface area contributed by atoms with Crippen molar-refractivity contribution < 1.29 is 8.42 Å². The third kappa shape index (κ3) is 2.45. The smallest absolute Gasteiger partial charge is 0.244 e. The van der Waals surface area contributed by atoms with Gasteiger partial charge in [0.05, 0.1) is 5.69 Å². The van der Waals surface area contributed by atoms with Gasteiger partial charge in [0.1, 0.15) is 4.90 Å². The van der Waals surface area contributed by atoms with Gasteiger partial charge in [0.25, 0.3) is 0 Å². The first kappa shape index (κ1) is 12.4. The Morgan fingerprint density at radius 1 is 1.29 bits per heavy atom. The fourth-order valence-electron chi connectivity index (χ4n) is 1.73. The van der Waals surface area contributed by atoms with Crippen LogP contribution in [0, 0.1) is 5.92 Å². The molecule has 94 valence electrons. The van der Waals surface area contributed by atoms with Crippen molar-refractivity contribution in [2.24, 2.45) is 5.92 Å². The lowest BCUT2D eigenvalue weighted by atomic mass is 10.3. The summed E-state index contributed by atoms with van der Waals surface area (Å²) in [7, 11) is -0.277. The summed E-state index contributed by atoms with van der Waals surface area (Å²) in [5.74, 6) is 0.630. The fraction of sp³-hybridized carbons (Fsp3) is 0.500. The zero-order chi connectivity index (χ0) is 12.6. The molecule has 1 aliphatic rings. The van der Waals surface area contributed by atoms with Crippen LogP contribution in [0.3, 0.4) is 0 Å². The molecular weight excluding hydrogens is 236 g/mol. The second kappa shape index (κ2) is 4.31. The molecule has 0 spiro atoms. The largest absolute Gasteiger partial charge is 0.381 e. The molecule has 1 aliphatic carbocycles. The van der Waals surface area contributed by atoms with Crippen LogP contribution in [-0.4, -0.2) is 32.9 Å². The molecule has 0 saturated heterocycles. The van der Waals surface area contributed by atoms with E-state index in [0.29, 0.717) is 22.5 Å². The second-order valence-electron chi connectivity index (χ2n) is 4.75. The molecule has 1 N–H and O–H groups in total. The molecule has 0 heterocycles. The average Bonchev–Trinajstić information content (AvgIpc) is 2.94. The van der Waals surface area contributed by atoms with Crippen molar-refractivity contribution in [3.05, 3.63) is 24.3 Å². The molecule has 1 aromatic carbocycles. The second-order valence-corrected chi connectivity index (χ2v) is 6.87. The first-order valence-corrected chi connectivity index (χ1v) is 7.15. The summed E-state index contributed by atoms with van der Waals surface area (Å²) in [5.41, 5.74) is 0.704. The molecule has 1 saturated carbocycles. The van der Waals surface area contributed by atoms with E-state index >= 15 is 0 Å². The van der Waals surface area contributed by atoms with Crippen molar-refractivity contribution >= 4 is 15.7 Å². The van der Waals surface area contributed by atoms with Gasteiger partial charge in [-0.1, -0.05) is 19.1 Å². The van der Waals surface area contributed by atoms with Gasteiger partial charge in [-0.2, -0.15) is 0 Å². The van der Waals surface area contributed by atoms with Crippen molar-refractivity contribution in [1.82, 2.24) is 4.31 Å².